The first kappa shape index (κ1) is 20.9. The standard InChI is InChI=1S/C25H33N3O2/c1-25(2,3)30-24(29)27-16-14-26(15-17-27)22-18-28(19-22)23(20-10-6-4-7-11-20)21-12-8-5-9-13-21/h4-13,22-23H,14-19H2,1-3H3. The van der Waals surface area contributed by atoms with Crippen molar-refractivity contribution in [3.05, 3.63) is 71.8 Å². The Morgan fingerprint density at radius 2 is 1.37 bits per heavy atom. The Labute approximate surface area is 180 Å². The topological polar surface area (TPSA) is 36.0 Å². The van der Waals surface area contributed by atoms with Crippen molar-refractivity contribution in [2.24, 2.45) is 0 Å². The van der Waals surface area contributed by atoms with Gasteiger partial charge in [-0.3, -0.25) is 9.80 Å². The van der Waals surface area contributed by atoms with Gasteiger partial charge in [0.15, 0.2) is 0 Å². The molecule has 0 aromatic heterocycles. The van der Waals surface area contributed by atoms with Gasteiger partial charge in [-0.1, -0.05) is 60.7 Å². The third kappa shape index (κ3) is 4.85. The normalized spacial score (nSPS) is 19.0. The number of nitrogens with zero attached hydrogens (tertiary/aromatic N) is 3. The minimum atomic E-state index is -0.438. The van der Waals surface area contributed by atoms with Gasteiger partial charge < -0.3 is 9.64 Å². The molecular formula is C25H33N3O2. The molecule has 0 aliphatic carbocycles. The van der Waals surface area contributed by atoms with Crippen LogP contribution in [-0.4, -0.2) is 71.7 Å². The largest absolute Gasteiger partial charge is 0.444 e. The van der Waals surface area contributed by atoms with E-state index in [1.165, 1.54) is 11.1 Å². The SMILES string of the molecule is CC(C)(C)OC(=O)N1CCN(C2CN(C(c3ccccc3)c3ccccc3)C2)CC1. The van der Waals surface area contributed by atoms with Crippen LogP contribution in [-0.2, 0) is 4.74 Å². The molecule has 4 rings (SSSR count). The second kappa shape index (κ2) is 8.78. The average Bonchev–Trinajstić information content (AvgIpc) is 2.70. The molecule has 0 radical (unpaired) electrons. The zero-order valence-electron chi connectivity index (χ0n) is 18.3. The van der Waals surface area contributed by atoms with E-state index in [0.717, 1.165) is 39.3 Å². The van der Waals surface area contributed by atoms with E-state index < -0.39 is 5.60 Å². The predicted octanol–water partition coefficient (Wildman–Crippen LogP) is 4.01. The van der Waals surface area contributed by atoms with Crippen molar-refractivity contribution >= 4 is 6.09 Å². The maximum atomic E-state index is 12.3. The van der Waals surface area contributed by atoms with Crippen LogP contribution in [0.2, 0.25) is 0 Å². The number of rotatable bonds is 4. The lowest BCUT2D eigenvalue weighted by Gasteiger charge is -2.51. The lowest BCUT2D eigenvalue weighted by atomic mass is 9.92. The maximum Gasteiger partial charge on any atom is 0.410 e. The Balaban J connectivity index is 1.34. The minimum Gasteiger partial charge on any atom is -0.444 e. The van der Waals surface area contributed by atoms with Crippen molar-refractivity contribution in [2.75, 3.05) is 39.3 Å². The third-order valence-corrected chi connectivity index (χ3v) is 5.97. The van der Waals surface area contributed by atoms with Gasteiger partial charge in [0.05, 0.1) is 6.04 Å². The molecule has 2 aliphatic rings. The molecule has 0 atom stereocenters. The number of ether oxygens (including phenoxy) is 1. The van der Waals surface area contributed by atoms with Crippen molar-refractivity contribution in [3.63, 3.8) is 0 Å². The fourth-order valence-electron chi connectivity index (χ4n) is 4.41. The van der Waals surface area contributed by atoms with Crippen molar-refractivity contribution in [1.29, 1.82) is 0 Å². The first-order chi connectivity index (χ1) is 14.4. The number of carbonyl (C=O) groups is 1. The van der Waals surface area contributed by atoms with Gasteiger partial charge in [0.1, 0.15) is 5.60 Å². The van der Waals surface area contributed by atoms with Crippen LogP contribution in [0.5, 0.6) is 0 Å². The smallest absolute Gasteiger partial charge is 0.410 e. The number of carbonyl (C=O) groups excluding carboxylic acids is 1. The summed E-state index contributed by atoms with van der Waals surface area (Å²) in [6.07, 6.45) is -0.189. The molecule has 0 saturated carbocycles. The molecule has 2 aromatic carbocycles. The van der Waals surface area contributed by atoms with Crippen LogP contribution in [0.1, 0.15) is 37.9 Å². The Morgan fingerprint density at radius 1 is 0.867 bits per heavy atom. The molecule has 0 N–H and O–H groups in total. The summed E-state index contributed by atoms with van der Waals surface area (Å²) in [6.45, 7) is 11.2. The number of hydrogen-bond acceptors (Lipinski definition) is 4. The van der Waals surface area contributed by atoms with E-state index >= 15 is 0 Å². The van der Waals surface area contributed by atoms with Crippen LogP contribution in [0.15, 0.2) is 60.7 Å². The van der Waals surface area contributed by atoms with Crippen molar-refractivity contribution in [2.45, 2.75) is 38.5 Å². The fourth-order valence-corrected chi connectivity index (χ4v) is 4.41. The summed E-state index contributed by atoms with van der Waals surface area (Å²) < 4.78 is 5.52. The molecule has 2 fully saturated rings. The lowest BCUT2D eigenvalue weighted by Crippen LogP contribution is -2.64. The van der Waals surface area contributed by atoms with Gasteiger partial charge in [-0.25, -0.2) is 4.79 Å². The maximum absolute atomic E-state index is 12.3. The zero-order valence-corrected chi connectivity index (χ0v) is 18.3. The molecule has 0 unspecified atom stereocenters. The summed E-state index contributed by atoms with van der Waals surface area (Å²) in [6, 6.07) is 22.4. The summed E-state index contributed by atoms with van der Waals surface area (Å²) in [7, 11) is 0. The second-order valence-electron chi connectivity index (χ2n) is 9.33. The van der Waals surface area contributed by atoms with Gasteiger partial charge in [-0.05, 0) is 31.9 Å². The number of piperazine rings is 1. The molecule has 0 bridgehead atoms. The van der Waals surface area contributed by atoms with Gasteiger partial charge in [-0.15, -0.1) is 0 Å². The van der Waals surface area contributed by atoms with Crippen LogP contribution in [0, 0.1) is 0 Å². The van der Waals surface area contributed by atoms with E-state index in [2.05, 4.69) is 70.5 Å². The van der Waals surface area contributed by atoms with Gasteiger partial charge >= 0.3 is 6.09 Å². The highest BCUT2D eigenvalue weighted by Crippen LogP contribution is 2.33. The Bertz CT molecular complexity index is 781. The molecule has 1 amide bonds. The second-order valence-corrected chi connectivity index (χ2v) is 9.33. The summed E-state index contributed by atoms with van der Waals surface area (Å²) in [5, 5.41) is 0. The van der Waals surface area contributed by atoms with Crippen LogP contribution >= 0.6 is 0 Å². The van der Waals surface area contributed by atoms with Crippen molar-refractivity contribution < 1.29 is 9.53 Å². The highest BCUT2D eigenvalue weighted by molar-refractivity contribution is 5.68. The van der Waals surface area contributed by atoms with Crippen LogP contribution in [0.3, 0.4) is 0 Å². The van der Waals surface area contributed by atoms with Gasteiger partial charge in [0.2, 0.25) is 0 Å². The zero-order chi connectivity index (χ0) is 21.1. The predicted molar refractivity (Wildman–Crippen MR) is 119 cm³/mol. The van der Waals surface area contributed by atoms with E-state index in [1.54, 1.807) is 0 Å². The molecule has 2 heterocycles. The lowest BCUT2D eigenvalue weighted by molar-refractivity contribution is -0.0205. The summed E-state index contributed by atoms with van der Waals surface area (Å²) >= 11 is 0. The Kier molecular flexibility index (Phi) is 6.11. The monoisotopic (exact) mass is 407 g/mol. The highest BCUT2D eigenvalue weighted by atomic mass is 16.6. The number of amides is 1. The number of benzene rings is 2. The summed E-state index contributed by atoms with van der Waals surface area (Å²) in [4.78, 5) is 19.2. The van der Waals surface area contributed by atoms with Crippen molar-refractivity contribution in [3.8, 4) is 0 Å². The quantitative estimate of drug-likeness (QED) is 0.767. The molecular weight excluding hydrogens is 374 g/mol. The van der Waals surface area contributed by atoms with E-state index in [-0.39, 0.29) is 6.09 Å². The van der Waals surface area contributed by atoms with E-state index in [1.807, 2.05) is 25.7 Å². The molecule has 160 valence electrons. The molecule has 2 aromatic rings. The van der Waals surface area contributed by atoms with Gasteiger partial charge in [-0.2, -0.15) is 0 Å². The number of likely N-dealkylation sites (tertiary alicyclic amines) is 1. The molecule has 2 aliphatic heterocycles. The average molecular weight is 408 g/mol. The van der Waals surface area contributed by atoms with Gasteiger partial charge in [0.25, 0.3) is 0 Å². The van der Waals surface area contributed by atoms with Crippen LogP contribution in [0.4, 0.5) is 4.79 Å². The molecule has 5 nitrogen and oxygen atoms in total. The third-order valence-electron chi connectivity index (χ3n) is 5.97. The minimum absolute atomic E-state index is 0.189. The van der Waals surface area contributed by atoms with Crippen LogP contribution < -0.4 is 0 Å². The first-order valence-electron chi connectivity index (χ1n) is 11.0. The highest BCUT2D eigenvalue weighted by Gasteiger charge is 2.38. The Hall–Kier alpha value is -2.37. The van der Waals surface area contributed by atoms with E-state index in [9.17, 15) is 4.79 Å². The first-order valence-corrected chi connectivity index (χ1v) is 11.0. The van der Waals surface area contributed by atoms with Crippen molar-refractivity contribution in [1.82, 2.24) is 14.7 Å². The Morgan fingerprint density at radius 3 is 1.83 bits per heavy atom. The van der Waals surface area contributed by atoms with Crippen LogP contribution in [0.25, 0.3) is 0 Å². The number of hydrogen-bond donors (Lipinski definition) is 0. The fraction of sp³-hybridized carbons (Fsp3) is 0.480. The molecule has 5 heteroatoms. The summed E-state index contributed by atoms with van der Waals surface area (Å²) in [5.41, 5.74) is 2.25. The molecule has 30 heavy (non-hydrogen) atoms. The van der Waals surface area contributed by atoms with E-state index in [4.69, 9.17) is 4.74 Å². The molecule has 2 saturated heterocycles. The summed E-state index contributed by atoms with van der Waals surface area (Å²) in [5.74, 6) is 0. The molecule has 0 spiro atoms. The van der Waals surface area contributed by atoms with E-state index in [0.29, 0.717) is 12.1 Å². The van der Waals surface area contributed by atoms with Gasteiger partial charge in [0, 0.05) is 45.3 Å².